The Kier molecular flexibility index (Phi) is 4.97. The summed E-state index contributed by atoms with van der Waals surface area (Å²) in [5.74, 6) is 1.85. The molecule has 0 spiro atoms. The van der Waals surface area contributed by atoms with Crippen molar-refractivity contribution in [2.24, 2.45) is 0 Å². The molecule has 0 radical (unpaired) electrons. The van der Waals surface area contributed by atoms with Crippen LogP contribution in [0.3, 0.4) is 0 Å². The van der Waals surface area contributed by atoms with Gasteiger partial charge in [-0.05, 0) is 45.4 Å². The van der Waals surface area contributed by atoms with E-state index in [4.69, 9.17) is 14.7 Å². The first-order valence-electron chi connectivity index (χ1n) is 7.92. The summed E-state index contributed by atoms with van der Waals surface area (Å²) < 4.78 is 6.05. The quantitative estimate of drug-likeness (QED) is 0.865. The van der Waals surface area contributed by atoms with Crippen LogP contribution in [0, 0.1) is 0 Å². The number of rotatable bonds is 6. The van der Waals surface area contributed by atoms with Crippen LogP contribution in [0.1, 0.15) is 63.5 Å². The number of hydrogen-bond acceptors (Lipinski definition) is 4. The monoisotopic (exact) mass is 277 g/mol. The lowest BCUT2D eigenvalue weighted by atomic mass is 9.92. The molecule has 1 aromatic heterocycles. The molecule has 0 saturated heterocycles. The number of nitrogens with zero attached hydrogens (tertiary/aromatic N) is 2. The average molecular weight is 277 g/mol. The zero-order chi connectivity index (χ0) is 14.6. The SMILES string of the molecule is CCOC(CC)(CC)c1nc2c(c(NC)n1)CCCC2. The lowest BCUT2D eigenvalue weighted by Crippen LogP contribution is -2.32. The van der Waals surface area contributed by atoms with Gasteiger partial charge in [-0.2, -0.15) is 0 Å². The Morgan fingerprint density at radius 3 is 2.40 bits per heavy atom. The minimum absolute atomic E-state index is 0.340. The molecule has 0 amide bonds. The molecule has 4 heteroatoms. The van der Waals surface area contributed by atoms with Gasteiger partial charge in [0.05, 0.1) is 0 Å². The van der Waals surface area contributed by atoms with Crippen LogP contribution in [0.15, 0.2) is 0 Å². The van der Waals surface area contributed by atoms with E-state index in [0.717, 1.165) is 37.3 Å². The number of anilines is 1. The van der Waals surface area contributed by atoms with Gasteiger partial charge in [-0.15, -0.1) is 0 Å². The summed E-state index contributed by atoms with van der Waals surface area (Å²) in [7, 11) is 1.95. The highest BCUT2D eigenvalue weighted by molar-refractivity contribution is 5.47. The maximum Gasteiger partial charge on any atom is 0.162 e. The van der Waals surface area contributed by atoms with Crippen molar-refractivity contribution < 1.29 is 4.74 Å². The first-order chi connectivity index (χ1) is 9.70. The van der Waals surface area contributed by atoms with Crippen molar-refractivity contribution in [3.63, 3.8) is 0 Å². The molecule has 0 aromatic carbocycles. The molecule has 1 N–H and O–H groups in total. The van der Waals surface area contributed by atoms with Crippen molar-refractivity contribution in [1.29, 1.82) is 0 Å². The van der Waals surface area contributed by atoms with Crippen molar-refractivity contribution in [2.75, 3.05) is 19.0 Å². The van der Waals surface area contributed by atoms with Crippen molar-refractivity contribution in [1.82, 2.24) is 9.97 Å². The molecule has 2 rings (SSSR count). The van der Waals surface area contributed by atoms with Gasteiger partial charge in [0.1, 0.15) is 11.4 Å². The summed E-state index contributed by atoms with van der Waals surface area (Å²) in [6.45, 7) is 7.04. The Morgan fingerprint density at radius 2 is 1.80 bits per heavy atom. The normalized spacial score (nSPS) is 15.0. The number of fused-ring (bicyclic) bond motifs is 1. The second-order valence-corrected chi connectivity index (χ2v) is 5.41. The fourth-order valence-corrected chi connectivity index (χ4v) is 3.12. The third kappa shape index (κ3) is 2.66. The second kappa shape index (κ2) is 6.53. The van der Waals surface area contributed by atoms with E-state index in [-0.39, 0.29) is 5.60 Å². The smallest absolute Gasteiger partial charge is 0.162 e. The Morgan fingerprint density at radius 1 is 1.10 bits per heavy atom. The average Bonchev–Trinajstić information content (AvgIpc) is 2.51. The van der Waals surface area contributed by atoms with Crippen LogP contribution < -0.4 is 5.32 Å². The van der Waals surface area contributed by atoms with Crippen LogP contribution in [-0.2, 0) is 23.2 Å². The topological polar surface area (TPSA) is 47.0 Å². The van der Waals surface area contributed by atoms with E-state index < -0.39 is 0 Å². The van der Waals surface area contributed by atoms with Crippen LogP contribution >= 0.6 is 0 Å². The third-order valence-electron chi connectivity index (χ3n) is 4.39. The van der Waals surface area contributed by atoms with E-state index in [1.165, 1.54) is 24.1 Å². The van der Waals surface area contributed by atoms with Crippen LogP contribution in [0.4, 0.5) is 5.82 Å². The molecule has 0 saturated carbocycles. The summed E-state index contributed by atoms with van der Waals surface area (Å²) in [4.78, 5) is 9.67. The Hall–Kier alpha value is -1.16. The van der Waals surface area contributed by atoms with Gasteiger partial charge in [0.15, 0.2) is 5.82 Å². The van der Waals surface area contributed by atoms with Gasteiger partial charge in [0.2, 0.25) is 0 Å². The van der Waals surface area contributed by atoms with Crippen molar-refractivity contribution in [2.45, 2.75) is 64.9 Å². The highest BCUT2D eigenvalue weighted by Crippen LogP contribution is 2.34. The Bertz CT molecular complexity index is 438. The van der Waals surface area contributed by atoms with Gasteiger partial charge in [-0.3, -0.25) is 0 Å². The first kappa shape index (κ1) is 15.2. The molecule has 0 atom stereocenters. The fourth-order valence-electron chi connectivity index (χ4n) is 3.12. The van der Waals surface area contributed by atoms with E-state index >= 15 is 0 Å². The van der Waals surface area contributed by atoms with Crippen LogP contribution in [0.2, 0.25) is 0 Å². The lowest BCUT2D eigenvalue weighted by Gasteiger charge is -2.31. The van der Waals surface area contributed by atoms with Gasteiger partial charge in [0.25, 0.3) is 0 Å². The van der Waals surface area contributed by atoms with Crippen LogP contribution in [0.25, 0.3) is 0 Å². The zero-order valence-corrected chi connectivity index (χ0v) is 13.3. The molecule has 20 heavy (non-hydrogen) atoms. The third-order valence-corrected chi connectivity index (χ3v) is 4.39. The standard InChI is InChI=1S/C16H27N3O/c1-5-16(6-2,20-7-3)15-18-13-11-9-8-10-12(13)14(17-4)19-15/h5-11H2,1-4H3,(H,17,18,19). The molecule has 0 fully saturated rings. The van der Waals surface area contributed by atoms with Crippen LogP contribution in [-0.4, -0.2) is 23.6 Å². The van der Waals surface area contributed by atoms with E-state index in [0.29, 0.717) is 6.61 Å². The molecule has 0 aliphatic heterocycles. The summed E-state index contributed by atoms with van der Waals surface area (Å²) >= 11 is 0. The van der Waals surface area contributed by atoms with Crippen molar-refractivity contribution in [3.05, 3.63) is 17.1 Å². The lowest BCUT2D eigenvalue weighted by molar-refractivity contribution is -0.0572. The summed E-state index contributed by atoms with van der Waals surface area (Å²) in [5.41, 5.74) is 2.18. The van der Waals surface area contributed by atoms with Gasteiger partial charge < -0.3 is 10.1 Å². The maximum atomic E-state index is 6.05. The maximum absolute atomic E-state index is 6.05. The molecule has 0 unspecified atom stereocenters. The van der Waals surface area contributed by atoms with Gasteiger partial charge in [-0.25, -0.2) is 9.97 Å². The molecule has 0 bridgehead atoms. The number of nitrogens with one attached hydrogen (secondary N) is 1. The van der Waals surface area contributed by atoms with E-state index in [1.807, 2.05) is 14.0 Å². The fraction of sp³-hybridized carbons (Fsp3) is 0.750. The summed E-state index contributed by atoms with van der Waals surface area (Å²) in [6.07, 6.45) is 6.43. The molecular formula is C16H27N3O. The first-order valence-corrected chi connectivity index (χ1v) is 7.92. The minimum atomic E-state index is -0.340. The van der Waals surface area contributed by atoms with E-state index in [2.05, 4.69) is 19.2 Å². The zero-order valence-electron chi connectivity index (χ0n) is 13.3. The van der Waals surface area contributed by atoms with Gasteiger partial charge in [0, 0.05) is 24.9 Å². The second-order valence-electron chi connectivity index (χ2n) is 5.41. The molecule has 112 valence electrons. The Balaban J connectivity index is 2.50. The summed E-state index contributed by atoms with van der Waals surface area (Å²) in [6, 6.07) is 0. The molecule has 4 nitrogen and oxygen atoms in total. The van der Waals surface area contributed by atoms with Crippen molar-refractivity contribution >= 4 is 5.82 Å². The van der Waals surface area contributed by atoms with Crippen molar-refractivity contribution in [3.8, 4) is 0 Å². The predicted octanol–water partition coefficient (Wildman–Crippen LogP) is 3.45. The molecule has 1 heterocycles. The number of aryl methyl sites for hydroxylation is 1. The molecule has 1 aliphatic carbocycles. The molecule has 1 aliphatic rings. The summed E-state index contributed by atoms with van der Waals surface area (Å²) in [5, 5.41) is 3.25. The Labute approximate surface area is 122 Å². The predicted molar refractivity (Wildman–Crippen MR) is 82.1 cm³/mol. The highest BCUT2D eigenvalue weighted by Gasteiger charge is 2.34. The van der Waals surface area contributed by atoms with Gasteiger partial charge >= 0.3 is 0 Å². The number of hydrogen-bond donors (Lipinski definition) is 1. The number of aromatic nitrogens is 2. The largest absolute Gasteiger partial charge is 0.373 e. The highest BCUT2D eigenvalue weighted by atomic mass is 16.5. The van der Waals surface area contributed by atoms with E-state index in [9.17, 15) is 0 Å². The molecular weight excluding hydrogens is 250 g/mol. The minimum Gasteiger partial charge on any atom is -0.373 e. The number of ether oxygens (including phenoxy) is 1. The molecule has 1 aromatic rings. The van der Waals surface area contributed by atoms with Gasteiger partial charge in [-0.1, -0.05) is 13.8 Å². The van der Waals surface area contributed by atoms with E-state index in [1.54, 1.807) is 0 Å². The van der Waals surface area contributed by atoms with Crippen LogP contribution in [0.5, 0.6) is 0 Å².